The Hall–Kier alpha value is -3.68. The zero-order valence-electron chi connectivity index (χ0n) is 20.3. The van der Waals surface area contributed by atoms with Gasteiger partial charge in [-0.2, -0.15) is 5.26 Å². The second-order valence-corrected chi connectivity index (χ2v) is 9.20. The molecule has 37 heavy (non-hydrogen) atoms. The Balaban J connectivity index is 1.44. The van der Waals surface area contributed by atoms with Crippen molar-refractivity contribution in [2.24, 2.45) is 0 Å². The highest BCUT2D eigenvalue weighted by molar-refractivity contribution is 5.96. The van der Waals surface area contributed by atoms with E-state index in [0.717, 1.165) is 48.3 Å². The van der Waals surface area contributed by atoms with Crippen LogP contribution in [0.3, 0.4) is 0 Å². The van der Waals surface area contributed by atoms with Crippen molar-refractivity contribution < 1.29 is 32.5 Å². The van der Waals surface area contributed by atoms with Crippen molar-refractivity contribution in [3.63, 3.8) is 0 Å². The number of benzene rings is 2. The lowest BCUT2D eigenvalue weighted by molar-refractivity contribution is -0.00224. The SMILES string of the molecule is C[C@@H](OC(=O)Nc1ccc(-c2c(C#N)c3cc(OCC4COCO4)ccc3n2C2CCC2)cc1)C(F)F. The summed E-state index contributed by atoms with van der Waals surface area (Å²) in [6, 6.07) is 15.3. The number of nitrogens with one attached hydrogen (secondary N) is 1. The Morgan fingerprint density at radius 3 is 2.65 bits per heavy atom. The van der Waals surface area contributed by atoms with E-state index in [-0.39, 0.29) is 18.9 Å². The number of aromatic nitrogens is 1. The Labute approximate surface area is 212 Å². The number of amides is 1. The maximum atomic E-state index is 12.7. The fourth-order valence-corrected chi connectivity index (χ4v) is 4.54. The molecular weight excluding hydrogens is 484 g/mol. The maximum absolute atomic E-state index is 12.7. The van der Waals surface area contributed by atoms with Gasteiger partial charge in [0, 0.05) is 17.1 Å². The van der Waals surface area contributed by atoms with Gasteiger partial charge in [-0.15, -0.1) is 0 Å². The molecule has 2 fully saturated rings. The number of carbonyl (C=O) groups is 1. The van der Waals surface area contributed by atoms with Crippen molar-refractivity contribution in [2.75, 3.05) is 25.3 Å². The summed E-state index contributed by atoms with van der Waals surface area (Å²) in [4.78, 5) is 11.9. The minimum Gasteiger partial charge on any atom is -0.491 e. The fraction of sp³-hybridized carbons (Fsp3) is 0.407. The Morgan fingerprint density at radius 1 is 1.24 bits per heavy atom. The van der Waals surface area contributed by atoms with Crippen molar-refractivity contribution >= 4 is 22.7 Å². The molecule has 0 bridgehead atoms. The van der Waals surface area contributed by atoms with Gasteiger partial charge < -0.3 is 23.5 Å². The van der Waals surface area contributed by atoms with Gasteiger partial charge in [0.1, 0.15) is 31.3 Å². The minimum atomic E-state index is -2.76. The van der Waals surface area contributed by atoms with Gasteiger partial charge in [-0.3, -0.25) is 5.32 Å². The summed E-state index contributed by atoms with van der Waals surface area (Å²) in [5, 5.41) is 13.5. The number of hydrogen-bond donors (Lipinski definition) is 1. The van der Waals surface area contributed by atoms with E-state index in [9.17, 15) is 18.8 Å². The third kappa shape index (κ3) is 5.24. The topological polar surface area (TPSA) is 94.7 Å². The van der Waals surface area contributed by atoms with E-state index in [0.29, 0.717) is 30.2 Å². The van der Waals surface area contributed by atoms with Gasteiger partial charge >= 0.3 is 6.09 Å². The van der Waals surface area contributed by atoms with E-state index in [2.05, 4.69) is 20.7 Å². The first-order valence-corrected chi connectivity index (χ1v) is 12.2. The molecule has 5 rings (SSSR count). The van der Waals surface area contributed by atoms with Gasteiger partial charge in [0.15, 0.2) is 6.10 Å². The largest absolute Gasteiger partial charge is 0.491 e. The first-order chi connectivity index (χ1) is 17.9. The molecule has 1 saturated carbocycles. The van der Waals surface area contributed by atoms with Crippen LogP contribution in [0.1, 0.15) is 37.8 Å². The van der Waals surface area contributed by atoms with Crippen LogP contribution in [0.15, 0.2) is 42.5 Å². The van der Waals surface area contributed by atoms with Crippen LogP contribution in [0, 0.1) is 11.3 Å². The van der Waals surface area contributed by atoms with Crippen LogP contribution in [0.5, 0.6) is 5.75 Å². The molecule has 1 aliphatic heterocycles. The molecule has 0 spiro atoms. The second-order valence-electron chi connectivity index (χ2n) is 9.20. The summed E-state index contributed by atoms with van der Waals surface area (Å²) < 4.78 is 48.8. The van der Waals surface area contributed by atoms with Crippen LogP contribution in [-0.2, 0) is 14.2 Å². The van der Waals surface area contributed by atoms with E-state index < -0.39 is 18.6 Å². The molecular formula is C27H27F2N3O5. The van der Waals surface area contributed by atoms with Crippen LogP contribution in [0.2, 0.25) is 0 Å². The number of alkyl halides is 2. The number of nitrogens with zero attached hydrogens (tertiary/aromatic N) is 2. The first-order valence-electron chi connectivity index (χ1n) is 12.2. The second kappa shape index (κ2) is 10.7. The van der Waals surface area contributed by atoms with Crippen LogP contribution in [0.4, 0.5) is 19.3 Å². The molecule has 8 nitrogen and oxygen atoms in total. The number of halogens is 2. The summed E-state index contributed by atoms with van der Waals surface area (Å²) >= 11 is 0. The molecule has 2 aliphatic rings. The number of ether oxygens (including phenoxy) is 4. The molecule has 194 valence electrons. The lowest BCUT2D eigenvalue weighted by Crippen LogP contribution is -2.25. The zero-order valence-corrected chi connectivity index (χ0v) is 20.3. The van der Waals surface area contributed by atoms with Crippen LogP contribution in [0.25, 0.3) is 22.2 Å². The van der Waals surface area contributed by atoms with Gasteiger partial charge in [-0.05, 0) is 62.1 Å². The normalized spacial score (nSPS) is 18.4. The average Bonchev–Trinajstić information content (AvgIpc) is 3.48. The van der Waals surface area contributed by atoms with Gasteiger partial charge in [0.05, 0.1) is 23.4 Å². The third-order valence-electron chi connectivity index (χ3n) is 6.71. The highest BCUT2D eigenvalue weighted by Crippen LogP contribution is 2.43. The summed E-state index contributed by atoms with van der Waals surface area (Å²) in [6.45, 7) is 2.24. The highest BCUT2D eigenvalue weighted by atomic mass is 19.3. The first kappa shape index (κ1) is 25.0. The minimum absolute atomic E-state index is 0.121. The van der Waals surface area contributed by atoms with Crippen LogP contribution in [-0.4, -0.2) is 49.3 Å². The van der Waals surface area contributed by atoms with Gasteiger partial charge in [0.2, 0.25) is 0 Å². The van der Waals surface area contributed by atoms with Crippen molar-refractivity contribution in [1.29, 1.82) is 5.26 Å². The Kier molecular flexibility index (Phi) is 7.26. The van der Waals surface area contributed by atoms with E-state index in [1.807, 2.05) is 18.2 Å². The molecule has 1 unspecified atom stereocenters. The molecule has 2 atom stereocenters. The molecule has 1 aromatic heterocycles. The summed E-state index contributed by atoms with van der Waals surface area (Å²) in [7, 11) is 0. The highest BCUT2D eigenvalue weighted by Gasteiger charge is 2.28. The molecule has 1 N–H and O–H groups in total. The Morgan fingerprint density at radius 2 is 2.03 bits per heavy atom. The fourth-order valence-electron chi connectivity index (χ4n) is 4.54. The van der Waals surface area contributed by atoms with Crippen molar-refractivity contribution in [3.8, 4) is 23.1 Å². The van der Waals surface area contributed by atoms with Crippen LogP contribution < -0.4 is 10.1 Å². The lowest BCUT2D eigenvalue weighted by atomic mass is 9.92. The standard InChI is InChI=1S/C27H27F2N3O5/c1-16(26(28)29)37-27(33)31-18-7-5-17(6-8-18)25-23(12-30)22-11-20(35-14-21-13-34-15-36-21)9-10-24(22)32(25)19-3-2-4-19/h5-11,16,19,21,26H,2-4,13-15H2,1H3,(H,31,33)/t16-,21?/m1/s1. The Bertz CT molecular complexity index is 1310. The molecule has 2 aromatic carbocycles. The molecule has 2 heterocycles. The van der Waals surface area contributed by atoms with E-state index in [1.54, 1.807) is 24.3 Å². The van der Waals surface area contributed by atoms with Gasteiger partial charge in [0.25, 0.3) is 6.43 Å². The molecule has 1 aliphatic carbocycles. The summed E-state index contributed by atoms with van der Waals surface area (Å²) in [6.07, 6.45) is -2.18. The molecule has 10 heteroatoms. The number of carbonyl (C=O) groups excluding carboxylic acids is 1. The number of nitriles is 1. The maximum Gasteiger partial charge on any atom is 0.412 e. The van der Waals surface area contributed by atoms with Gasteiger partial charge in [-0.25, -0.2) is 13.6 Å². The quantitative estimate of drug-likeness (QED) is 0.407. The van der Waals surface area contributed by atoms with E-state index in [1.165, 1.54) is 0 Å². The summed E-state index contributed by atoms with van der Waals surface area (Å²) in [5.41, 5.74) is 3.49. The smallest absolute Gasteiger partial charge is 0.412 e. The lowest BCUT2D eigenvalue weighted by Gasteiger charge is -2.30. The van der Waals surface area contributed by atoms with Crippen LogP contribution >= 0.6 is 0 Å². The number of anilines is 1. The van der Waals surface area contributed by atoms with Crippen molar-refractivity contribution in [1.82, 2.24) is 4.57 Å². The monoisotopic (exact) mass is 511 g/mol. The zero-order chi connectivity index (χ0) is 25.9. The number of hydrogen-bond acceptors (Lipinski definition) is 6. The third-order valence-corrected chi connectivity index (χ3v) is 6.71. The molecule has 0 radical (unpaired) electrons. The molecule has 1 amide bonds. The van der Waals surface area contributed by atoms with E-state index in [4.69, 9.17) is 14.2 Å². The van der Waals surface area contributed by atoms with Crippen molar-refractivity contribution in [3.05, 3.63) is 48.0 Å². The predicted octanol–water partition coefficient (Wildman–Crippen LogP) is 5.86. The predicted molar refractivity (Wildman–Crippen MR) is 132 cm³/mol. The molecule has 1 saturated heterocycles. The van der Waals surface area contributed by atoms with Gasteiger partial charge in [-0.1, -0.05) is 12.1 Å². The number of rotatable bonds is 8. The van der Waals surface area contributed by atoms with E-state index >= 15 is 0 Å². The number of fused-ring (bicyclic) bond motifs is 1. The summed E-state index contributed by atoms with van der Waals surface area (Å²) in [5.74, 6) is 0.646. The van der Waals surface area contributed by atoms with Crippen molar-refractivity contribution in [2.45, 2.75) is 50.9 Å². The molecule has 3 aromatic rings. The average molecular weight is 512 g/mol.